The minimum absolute atomic E-state index is 0.0815. The van der Waals surface area contributed by atoms with Crippen molar-refractivity contribution in [1.82, 2.24) is 0 Å². The highest BCUT2D eigenvalue weighted by atomic mass is 35.5. The van der Waals surface area contributed by atoms with Crippen LogP contribution >= 0.6 is 69.6 Å². The minimum atomic E-state index is -1.00. The molecule has 2 N–H and O–H groups in total. The third-order valence-corrected chi connectivity index (χ3v) is 8.03. The van der Waals surface area contributed by atoms with Gasteiger partial charge in [0.2, 0.25) is 0 Å². The minimum Gasteiger partial charge on any atom is -0.393 e. The van der Waals surface area contributed by atoms with Gasteiger partial charge in [-0.15, -0.1) is 46.4 Å². The highest BCUT2D eigenvalue weighted by Crippen LogP contribution is 2.29. The van der Waals surface area contributed by atoms with E-state index in [9.17, 15) is 5.11 Å². The lowest BCUT2D eigenvalue weighted by molar-refractivity contribution is 0.156. The van der Waals surface area contributed by atoms with Gasteiger partial charge < -0.3 is 10.2 Å². The van der Waals surface area contributed by atoms with Crippen LogP contribution in [0.5, 0.6) is 0 Å². The predicted octanol–water partition coefficient (Wildman–Crippen LogP) is 8.42. The Kier molecular flexibility index (Phi) is 20.1. The van der Waals surface area contributed by atoms with Gasteiger partial charge in [-0.3, -0.25) is 0 Å². The fourth-order valence-corrected chi connectivity index (χ4v) is 5.13. The SMILES string of the molecule is CCCCCCC(Cl)C(Cl)C(O)C(Cl)CC(Cl)CCCCCCCCC(Cl)(Cl)CO. The molecule has 0 heterocycles. The lowest BCUT2D eigenvalue weighted by atomic mass is 10.00. The van der Waals surface area contributed by atoms with Gasteiger partial charge in [-0.1, -0.05) is 94.3 Å². The normalized spacial score (nSPS) is 17.5. The first-order chi connectivity index (χ1) is 14.1. The molecule has 0 rings (SSSR count). The molecule has 0 fully saturated rings. The van der Waals surface area contributed by atoms with Crippen molar-refractivity contribution >= 4 is 69.6 Å². The van der Waals surface area contributed by atoms with Crippen LogP contribution in [0.25, 0.3) is 0 Å². The van der Waals surface area contributed by atoms with E-state index in [0.717, 1.165) is 64.2 Å². The zero-order chi connectivity index (χ0) is 23.0. The molecule has 0 aromatic rings. The fraction of sp³-hybridized carbons (Fsp3) is 1.00. The molecule has 0 aliphatic heterocycles. The molecule has 182 valence electrons. The van der Waals surface area contributed by atoms with Crippen LogP contribution in [0.15, 0.2) is 0 Å². The molecule has 8 heteroatoms. The van der Waals surface area contributed by atoms with E-state index in [-0.39, 0.29) is 17.4 Å². The Morgan fingerprint density at radius 3 is 1.87 bits per heavy atom. The molecule has 0 aliphatic rings. The highest BCUT2D eigenvalue weighted by Gasteiger charge is 2.31. The van der Waals surface area contributed by atoms with E-state index in [2.05, 4.69) is 6.92 Å². The number of aliphatic hydroxyl groups is 2. The number of hydrogen-bond donors (Lipinski definition) is 2. The van der Waals surface area contributed by atoms with Gasteiger partial charge >= 0.3 is 0 Å². The van der Waals surface area contributed by atoms with Gasteiger partial charge in [0.1, 0.15) is 4.33 Å². The van der Waals surface area contributed by atoms with Crippen LogP contribution in [0, 0.1) is 0 Å². The molecule has 0 amide bonds. The standard InChI is InChI=1S/C22H40Cl6O2/c1-2-3-4-10-13-18(24)20(26)21(30)19(25)15-17(23)12-9-7-5-6-8-11-14-22(27,28)16-29/h17-21,29-30H,2-16H2,1H3. The summed E-state index contributed by atoms with van der Waals surface area (Å²) in [6.07, 6.45) is 12.8. The van der Waals surface area contributed by atoms with Crippen molar-refractivity contribution in [2.24, 2.45) is 0 Å². The van der Waals surface area contributed by atoms with E-state index in [0.29, 0.717) is 12.8 Å². The van der Waals surface area contributed by atoms with Gasteiger partial charge in [0.25, 0.3) is 0 Å². The summed E-state index contributed by atoms with van der Waals surface area (Å²) in [6, 6.07) is 0. The quantitative estimate of drug-likeness (QED) is 0.118. The van der Waals surface area contributed by atoms with E-state index in [1.165, 1.54) is 12.8 Å². The molecule has 0 spiro atoms. The number of unbranched alkanes of at least 4 members (excludes halogenated alkanes) is 8. The van der Waals surface area contributed by atoms with Crippen LogP contribution in [0.3, 0.4) is 0 Å². The topological polar surface area (TPSA) is 40.5 Å². The monoisotopic (exact) mass is 546 g/mol. The second kappa shape index (κ2) is 19.0. The highest BCUT2D eigenvalue weighted by molar-refractivity contribution is 6.48. The maximum Gasteiger partial charge on any atom is 0.141 e. The van der Waals surface area contributed by atoms with Gasteiger partial charge in [0.05, 0.1) is 28.8 Å². The Bertz CT molecular complexity index is 400. The van der Waals surface area contributed by atoms with Gasteiger partial charge in [-0.2, -0.15) is 0 Å². The Labute approximate surface area is 214 Å². The lowest BCUT2D eigenvalue weighted by Gasteiger charge is -2.26. The molecule has 30 heavy (non-hydrogen) atoms. The Morgan fingerprint density at radius 1 is 0.733 bits per heavy atom. The van der Waals surface area contributed by atoms with E-state index >= 15 is 0 Å². The number of alkyl halides is 6. The molecule has 5 unspecified atom stereocenters. The van der Waals surface area contributed by atoms with Crippen molar-refractivity contribution in [3.8, 4) is 0 Å². The van der Waals surface area contributed by atoms with E-state index in [1.54, 1.807) is 0 Å². The van der Waals surface area contributed by atoms with Gasteiger partial charge in [-0.05, 0) is 25.7 Å². The molecule has 2 nitrogen and oxygen atoms in total. The second-order valence-electron chi connectivity index (χ2n) is 8.32. The first-order valence-electron chi connectivity index (χ1n) is 11.4. The Hall–Kier alpha value is 1.66. The second-order valence-corrected chi connectivity index (χ2v) is 12.2. The third-order valence-electron chi connectivity index (χ3n) is 5.40. The first-order valence-corrected chi connectivity index (χ1v) is 13.9. The molecule has 5 atom stereocenters. The molecule has 0 aromatic heterocycles. The Morgan fingerprint density at radius 2 is 1.27 bits per heavy atom. The van der Waals surface area contributed by atoms with Gasteiger partial charge in [-0.25, -0.2) is 0 Å². The summed E-state index contributed by atoms with van der Waals surface area (Å²) in [4.78, 5) is 0. The average Bonchev–Trinajstić information content (AvgIpc) is 2.71. The number of halogens is 6. The first kappa shape index (κ1) is 31.7. The largest absolute Gasteiger partial charge is 0.393 e. The van der Waals surface area contributed by atoms with Crippen LogP contribution in [-0.2, 0) is 0 Å². The average molecular weight is 549 g/mol. The van der Waals surface area contributed by atoms with Crippen molar-refractivity contribution in [2.75, 3.05) is 6.61 Å². The summed E-state index contributed by atoms with van der Waals surface area (Å²) in [5, 5.41) is 18.0. The van der Waals surface area contributed by atoms with E-state index in [1.807, 2.05) is 0 Å². The molecule has 0 saturated carbocycles. The summed E-state index contributed by atoms with van der Waals surface area (Å²) in [5.41, 5.74) is 0. The zero-order valence-corrected chi connectivity index (χ0v) is 22.7. The van der Waals surface area contributed by atoms with Crippen LogP contribution in [0.4, 0.5) is 0 Å². The van der Waals surface area contributed by atoms with Crippen molar-refractivity contribution in [1.29, 1.82) is 0 Å². The molecule has 0 aromatic carbocycles. The van der Waals surface area contributed by atoms with Crippen molar-refractivity contribution < 1.29 is 10.2 Å². The number of aliphatic hydroxyl groups excluding tert-OH is 2. The summed E-state index contributed by atoms with van der Waals surface area (Å²) in [7, 11) is 0. The Balaban J connectivity index is 3.87. The van der Waals surface area contributed by atoms with Crippen molar-refractivity contribution in [3.05, 3.63) is 0 Å². The number of rotatable bonds is 20. The summed E-state index contributed by atoms with van der Waals surface area (Å²) in [6.45, 7) is 1.96. The predicted molar refractivity (Wildman–Crippen MR) is 136 cm³/mol. The maximum atomic E-state index is 10.4. The van der Waals surface area contributed by atoms with Crippen molar-refractivity contribution in [3.63, 3.8) is 0 Å². The molecule has 0 bridgehead atoms. The molecule has 0 aliphatic carbocycles. The number of hydrogen-bond acceptors (Lipinski definition) is 2. The van der Waals surface area contributed by atoms with Crippen LogP contribution in [0.2, 0.25) is 0 Å². The van der Waals surface area contributed by atoms with E-state index < -0.39 is 21.2 Å². The van der Waals surface area contributed by atoms with Gasteiger partial charge in [0, 0.05) is 5.38 Å². The van der Waals surface area contributed by atoms with Gasteiger partial charge in [0.15, 0.2) is 0 Å². The zero-order valence-electron chi connectivity index (χ0n) is 18.2. The summed E-state index contributed by atoms with van der Waals surface area (Å²) >= 11 is 37.3. The lowest BCUT2D eigenvalue weighted by Crippen LogP contribution is -2.37. The molecular formula is C22H40Cl6O2. The van der Waals surface area contributed by atoms with Crippen LogP contribution in [-0.4, -0.2) is 48.8 Å². The van der Waals surface area contributed by atoms with Crippen LogP contribution in [0.1, 0.15) is 96.8 Å². The van der Waals surface area contributed by atoms with Crippen LogP contribution < -0.4 is 0 Å². The molecule has 0 radical (unpaired) electrons. The summed E-state index contributed by atoms with van der Waals surface area (Å²) in [5.74, 6) is 0. The van der Waals surface area contributed by atoms with Crippen molar-refractivity contribution in [2.45, 2.75) is 129 Å². The van der Waals surface area contributed by atoms with E-state index in [4.69, 9.17) is 74.7 Å². The maximum absolute atomic E-state index is 10.4. The summed E-state index contributed by atoms with van der Waals surface area (Å²) < 4.78 is -1.00. The smallest absolute Gasteiger partial charge is 0.141 e. The molecular weight excluding hydrogens is 509 g/mol. The fourth-order valence-electron chi connectivity index (χ4n) is 3.38. The third kappa shape index (κ3) is 16.3. The molecule has 0 saturated heterocycles.